The maximum atomic E-state index is 12.5. The molecule has 2 aromatic rings. The second-order valence-corrected chi connectivity index (χ2v) is 7.31. The van der Waals surface area contributed by atoms with Gasteiger partial charge in [-0.05, 0) is 37.1 Å². The molecule has 0 bridgehead atoms. The third-order valence-corrected chi connectivity index (χ3v) is 5.60. The van der Waals surface area contributed by atoms with Crippen LogP contribution in [0, 0.1) is 5.92 Å². The van der Waals surface area contributed by atoms with Crippen molar-refractivity contribution in [2.75, 3.05) is 0 Å². The van der Waals surface area contributed by atoms with E-state index in [1.165, 1.54) is 30.5 Å². The quantitative estimate of drug-likeness (QED) is 0.825. The van der Waals surface area contributed by atoms with Gasteiger partial charge in [-0.25, -0.2) is 17.8 Å². The normalized spacial score (nSPS) is 11.8. The van der Waals surface area contributed by atoms with Crippen molar-refractivity contribution < 1.29 is 13.2 Å². The molecule has 0 aliphatic rings. The minimum absolute atomic E-state index is 0.0725. The molecule has 0 N–H and O–H groups in total. The fourth-order valence-corrected chi connectivity index (χ4v) is 3.61. The van der Waals surface area contributed by atoms with Crippen molar-refractivity contribution in [3.8, 4) is 0 Å². The van der Waals surface area contributed by atoms with Gasteiger partial charge in [-0.2, -0.15) is 3.97 Å². The predicted molar refractivity (Wildman–Crippen MR) is 87.4 cm³/mol. The predicted octanol–water partition coefficient (Wildman–Crippen LogP) is 2.62. The van der Waals surface area contributed by atoms with Crippen LogP contribution in [0.15, 0.2) is 46.3 Å². The van der Waals surface area contributed by atoms with E-state index < -0.39 is 21.6 Å². The van der Waals surface area contributed by atoms with Crippen LogP contribution >= 0.6 is 11.6 Å². The lowest BCUT2D eigenvalue weighted by Crippen LogP contribution is -2.34. The Bertz CT molecular complexity index is 862. The molecule has 0 saturated heterocycles. The summed E-state index contributed by atoms with van der Waals surface area (Å²) in [5.41, 5.74) is -0.892. The van der Waals surface area contributed by atoms with E-state index in [0.717, 1.165) is 10.8 Å². The summed E-state index contributed by atoms with van der Waals surface area (Å²) in [4.78, 5) is 24.5. The maximum Gasteiger partial charge on any atom is 0.349 e. The number of imidazole rings is 1. The molecule has 0 saturated carbocycles. The van der Waals surface area contributed by atoms with Crippen LogP contribution < -0.4 is 5.69 Å². The lowest BCUT2D eigenvalue weighted by atomic mass is 10.0. The average molecular weight is 357 g/mol. The SMILES string of the molecule is CCC(CC)C(=O)n1ccn(S(=O)(=O)c2ccc(Cl)cc2)c1=O. The largest absolute Gasteiger partial charge is 0.349 e. The third kappa shape index (κ3) is 3.25. The van der Waals surface area contributed by atoms with Crippen molar-refractivity contribution in [2.45, 2.75) is 31.6 Å². The first-order chi connectivity index (χ1) is 10.8. The van der Waals surface area contributed by atoms with Crippen molar-refractivity contribution in [1.82, 2.24) is 8.54 Å². The highest BCUT2D eigenvalue weighted by Gasteiger charge is 2.24. The number of hydrogen-bond donors (Lipinski definition) is 0. The van der Waals surface area contributed by atoms with E-state index in [2.05, 4.69) is 0 Å². The summed E-state index contributed by atoms with van der Waals surface area (Å²) in [6.45, 7) is 3.69. The molecule has 1 aromatic carbocycles. The van der Waals surface area contributed by atoms with E-state index in [1.807, 2.05) is 13.8 Å². The van der Waals surface area contributed by atoms with Crippen molar-refractivity contribution in [2.24, 2.45) is 5.92 Å². The molecule has 0 aliphatic carbocycles. The topological polar surface area (TPSA) is 78.1 Å². The number of carbonyl (C=O) groups excluding carboxylic acids is 1. The van der Waals surface area contributed by atoms with Gasteiger partial charge in [0.15, 0.2) is 0 Å². The van der Waals surface area contributed by atoms with E-state index in [-0.39, 0.29) is 10.8 Å². The molecule has 2 rings (SSSR count). The fraction of sp³-hybridized carbons (Fsp3) is 0.333. The minimum atomic E-state index is -4.07. The first kappa shape index (κ1) is 17.5. The Hall–Kier alpha value is -1.86. The molecule has 1 heterocycles. The molecule has 124 valence electrons. The molecule has 0 fully saturated rings. The summed E-state index contributed by atoms with van der Waals surface area (Å²) in [6, 6.07) is 5.46. The Morgan fingerprint density at radius 3 is 2.22 bits per heavy atom. The summed E-state index contributed by atoms with van der Waals surface area (Å²) < 4.78 is 26.4. The minimum Gasteiger partial charge on any atom is -0.274 e. The maximum absolute atomic E-state index is 12.5. The monoisotopic (exact) mass is 356 g/mol. The highest BCUT2D eigenvalue weighted by molar-refractivity contribution is 7.90. The second kappa shape index (κ2) is 6.72. The van der Waals surface area contributed by atoms with E-state index in [0.29, 0.717) is 21.8 Å². The number of rotatable bonds is 5. The van der Waals surface area contributed by atoms with Crippen LogP contribution in [-0.4, -0.2) is 22.9 Å². The summed E-state index contributed by atoms with van der Waals surface area (Å²) in [5.74, 6) is -0.716. The van der Waals surface area contributed by atoms with Gasteiger partial charge in [0.05, 0.1) is 4.90 Å². The summed E-state index contributed by atoms with van der Waals surface area (Å²) in [6.07, 6.45) is 3.44. The van der Waals surface area contributed by atoms with Gasteiger partial charge < -0.3 is 0 Å². The zero-order valence-electron chi connectivity index (χ0n) is 12.8. The molecule has 0 radical (unpaired) electrons. The van der Waals surface area contributed by atoms with Crippen LogP contribution in [-0.2, 0) is 10.0 Å². The molecule has 0 amide bonds. The molecule has 0 aliphatic heterocycles. The van der Waals surface area contributed by atoms with Crippen LogP contribution in [0.25, 0.3) is 0 Å². The van der Waals surface area contributed by atoms with Gasteiger partial charge in [0.1, 0.15) is 0 Å². The van der Waals surface area contributed by atoms with Gasteiger partial charge >= 0.3 is 5.69 Å². The highest BCUT2D eigenvalue weighted by atomic mass is 35.5. The van der Waals surface area contributed by atoms with Crippen LogP contribution in [0.4, 0.5) is 0 Å². The van der Waals surface area contributed by atoms with Crippen molar-refractivity contribution in [3.63, 3.8) is 0 Å². The summed E-state index contributed by atoms with van der Waals surface area (Å²) >= 11 is 5.74. The first-order valence-electron chi connectivity index (χ1n) is 7.18. The van der Waals surface area contributed by atoms with Crippen molar-refractivity contribution in [3.05, 3.63) is 52.2 Å². The second-order valence-electron chi connectivity index (χ2n) is 5.06. The smallest absolute Gasteiger partial charge is 0.274 e. The number of hydrogen-bond acceptors (Lipinski definition) is 4. The third-order valence-electron chi connectivity index (χ3n) is 3.69. The molecular formula is C15H17ClN2O4S. The van der Waals surface area contributed by atoms with Crippen LogP contribution in [0.3, 0.4) is 0 Å². The van der Waals surface area contributed by atoms with Gasteiger partial charge in [0.2, 0.25) is 5.91 Å². The molecular weight excluding hydrogens is 340 g/mol. The van der Waals surface area contributed by atoms with E-state index in [1.54, 1.807) is 0 Å². The zero-order chi connectivity index (χ0) is 17.2. The van der Waals surface area contributed by atoms with E-state index >= 15 is 0 Å². The molecule has 1 aromatic heterocycles. The van der Waals surface area contributed by atoms with Gasteiger partial charge in [0.25, 0.3) is 10.0 Å². The van der Waals surface area contributed by atoms with Crippen LogP contribution in [0.5, 0.6) is 0 Å². The average Bonchev–Trinajstić information content (AvgIpc) is 2.91. The molecule has 6 nitrogen and oxygen atoms in total. The van der Waals surface area contributed by atoms with Crippen LogP contribution in [0.1, 0.15) is 31.5 Å². The number of benzene rings is 1. The lowest BCUT2D eigenvalue weighted by Gasteiger charge is -2.10. The Balaban J connectivity index is 2.48. The number of nitrogens with zero attached hydrogens (tertiary/aromatic N) is 2. The van der Waals surface area contributed by atoms with Crippen LogP contribution in [0.2, 0.25) is 5.02 Å². The Labute approximate surface area is 139 Å². The summed E-state index contributed by atoms with van der Waals surface area (Å²) in [5, 5.41) is 0.387. The van der Waals surface area contributed by atoms with E-state index in [4.69, 9.17) is 11.6 Å². The van der Waals surface area contributed by atoms with Gasteiger partial charge in [-0.15, -0.1) is 0 Å². The van der Waals surface area contributed by atoms with Crippen molar-refractivity contribution in [1.29, 1.82) is 0 Å². The fourth-order valence-electron chi connectivity index (χ4n) is 2.27. The molecule has 0 spiro atoms. The lowest BCUT2D eigenvalue weighted by molar-refractivity contribution is 0.0822. The van der Waals surface area contributed by atoms with Gasteiger partial charge in [-0.1, -0.05) is 25.4 Å². The Kier molecular flexibility index (Phi) is 5.11. The molecule has 0 unspecified atom stereocenters. The Morgan fingerprint density at radius 2 is 1.70 bits per heavy atom. The molecule has 0 atom stereocenters. The molecule has 23 heavy (non-hydrogen) atoms. The zero-order valence-corrected chi connectivity index (χ0v) is 14.3. The Morgan fingerprint density at radius 1 is 1.13 bits per heavy atom. The number of aromatic nitrogens is 2. The van der Waals surface area contributed by atoms with Crippen molar-refractivity contribution >= 4 is 27.5 Å². The van der Waals surface area contributed by atoms with Gasteiger partial charge in [0, 0.05) is 23.3 Å². The molecule has 8 heteroatoms. The standard InChI is InChI=1S/C15H17ClN2O4S/c1-3-11(4-2)14(19)17-9-10-18(15(17)20)23(21,22)13-7-5-12(16)6-8-13/h5-11H,3-4H2,1-2H3. The summed E-state index contributed by atoms with van der Waals surface area (Å²) in [7, 11) is -4.07. The van der Waals surface area contributed by atoms with Gasteiger partial charge in [-0.3, -0.25) is 4.79 Å². The first-order valence-corrected chi connectivity index (χ1v) is 9.00. The number of carbonyl (C=O) groups is 1. The number of halogens is 1. The van der Waals surface area contributed by atoms with E-state index in [9.17, 15) is 18.0 Å². The highest BCUT2D eigenvalue weighted by Crippen LogP contribution is 2.16.